The van der Waals surface area contributed by atoms with Crippen molar-refractivity contribution in [2.24, 2.45) is 0 Å². The molecule has 1 aliphatic heterocycles. The molecule has 0 saturated carbocycles. The van der Waals surface area contributed by atoms with Crippen LogP contribution in [-0.4, -0.2) is 9.78 Å². The molecule has 118 valence electrons. The van der Waals surface area contributed by atoms with E-state index in [2.05, 4.69) is 23.3 Å². The van der Waals surface area contributed by atoms with Gasteiger partial charge in [-0.2, -0.15) is 5.10 Å². The number of hydrogen-bond donors (Lipinski definition) is 1. The minimum Gasteiger partial charge on any atom is -0.269 e. The van der Waals surface area contributed by atoms with Crippen molar-refractivity contribution in [3.8, 4) is 0 Å². The highest BCUT2D eigenvalue weighted by atomic mass is 35.5. The molecule has 5 heteroatoms. The lowest BCUT2D eigenvalue weighted by molar-refractivity contribution is 0.479. The molecule has 0 fully saturated rings. The SMILES string of the molecule is CCc1c(C(C)NSc2ccc(Cl)cc2)nn2c1CCCC2. The van der Waals surface area contributed by atoms with Crippen LogP contribution < -0.4 is 4.72 Å². The largest absolute Gasteiger partial charge is 0.269 e. The molecule has 3 nitrogen and oxygen atoms in total. The third-order valence-electron chi connectivity index (χ3n) is 4.16. The highest BCUT2D eigenvalue weighted by molar-refractivity contribution is 7.97. The normalized spacial score (nSPS) is 15.6. The Labute approximate surface area is 141 Å². The molecule has 3 rings (SSSR count). The first-order valence-electron chi connectivity index (χ1n) is 7.95. The maximum Gasteiger partial charge on any atom is 0.0834 e. The Morgan fingerprint density at radius 1 is 1.32 bits per heavy atom. The summed E-state index contributed by atoms with van der Waals surface area (Å²) < 4.78 is 5.74. The Balaban J connectivity index is 1.73. The Morgan fingerprint density at radius 2 is 2.09 bits per heavy atom. The van der Waals surface area contributed by atoms with Gasteiger partial charge in [0.1, 0.15) is 0 Å². The molecule has 1 aromatic heterocycles. The second-order valence-corrected chi connectivity index (χ2v) is 7.09. The molecule has 0 bridgehead atoms. The van der Waals surface area contributed by atoms with Gasteiger partial charge in [0.2, 0.25) is 0 Å². The standard InChI is InChI=1S/C17H22ClN3S/c1-3-15-16-6-4-5-11-21(16)19-17(15)12(2)20-22-14-9-7-13(18)8-10-14/h7-10,12,20H,3-6,11H2,1-2H3. The fourth-order valence-electron chi connectivity index (χ4n) is 3.02. The molecule has 0 saturated heterocycles. The van der Waals surface area contributed by atoms with E-state index in [-0.39, 0.29) is 6.04 Å². The molecule has 0 amide bonds. The molecule has 0 aliphatic carbocycles. The molecule has 1 N–H and O–H groups in total. The van der Waals surface area contributed by atoms with E-state index in [0.29, 0.717) is 0 Å². The topological polar surface area (TPSA) is 29.9 Å². The van der Waals surface area contributed by atoms with Crippen molar-refractivity contribution in [1.82, 2.24) is 14.5 Å². The number of nitrogens with one attached hydrogen (secondary N) is 1. The van der Waals surface area contributed by atoms with Crippen LogP contribution in [0.25, 0.3) is 0 Å². The smallest absolute Gasteiger partial charge is 0.0834 e. The van der Waals surface area contributed by atoms with E-state index in [9.17, 15) is 0 Å². The summed E-state index contributed by atoms with van der Waals surface area (Å²) in [5.41, 5.74) is 4.10. The maximum absolute atomic E-state index is 5.93. The first-order chi connectivity index (χ1) is 10.7. The molecule has 1 aliphatic rings. The van der Waals surface area contributed by atoms with Gasteiger partial charge in [-0.25, -0.2) is 0 Å². The monoisotopic (exact) mass is 335 g/mol. The van der Waals surface area contributed by atoms with E-state index in [1.54, 1.807) is 11.9 Å². The fraction of sp³-hybridized carbons (Fsp3) is 0.471. The molecule has 1 atom stereocenters. The lowest BCUT2D eigenvalue weighted by atomic mass is 10.0. The summed E-state index contributed by atoms with van der Waals surface area (Å²) in [6.07, 6.45) is 4.77. The Bertz CT molecular complexity index is 636. The van der Waals surface area contributed by atoms with Crippen molar-refractivity contribution in [2.75, 3.05) is 0 Å². The molecule has 22 heavy (non-hydrogen) atoms. The summed E-state index contributed by atoms with van der Waals surface area (Å²) in [7, 11) is 0. The summed E-state index contributed by atoms with van der Waals surface area (Å²) in [4.78, 5) is 1.17. The van der Waals surface area contributed by atoms with Crippen LogP contribution in [0.5, 0.6) is 0 Å². The number of nitrogens with zero attached hydrogens (tertiary/aromatic N) is 2. The zero-order valence-corrected chi connectivity index (χ0v) is 14.7. The van der Waals surface area contributed by atoms with Crippen LogP contribution in [-0.2, 0) is 19.4 Å². The van der Waals surface area contributed by atoms with E-state index >= 15 is 0 Å². The fourth-order valence-corrected chi connectivity index (χ4v) is 3.84. The maximum atomic E-state index is 5.93. The van der Waals surface area contributed by atoms with Crippen molar-refractivity contribution in [3.05, 3.63) is 46.2 Å². The van der Waals surface area contributed by atoms with Crippen molar-refractivity contribution in [2.45, 2.75) is 57.0 Å². The van der Waals surface area contributed by atoms with E-state index in [4.69, 9.17) is 16.7 Å². The summed E-state index contributed by atoms with van der Waals surface area (Å²) >= 11 is 7.56. The zero-order chi connectivity index (χ0) is 15.5. The summed E-state index contributed by atoms with van der Waals surface area (Å²) in [5, 5.41) is 5.64. The van der Waals surface area contributed by atoms with Gasteiger partial charge in [0.15, 0.2) is 0 Å². The Kier molecular flexibility index (Phi) is 5.11. The van der Waals surface area contributed by atoms with Gasteiger partial charge in [-0.1, -0.05) is 18.5 Å². The van der Waals surface area contributed by atoms with Crippen LogP contribution in [0.2, 0.25) is 5.02 Å². The van der Waals surface area contributed by atoms with Crippen LogP contribution >= 0.6 is 23.5 Å². The predicted octanol–water partition coefficient (Wildman–Crippen LogP) is 4.79. The molecule has 2 aromatic rings. The van der Waals surface area contributed by atoms with E-state index in [0.717, 1.165) is 18.0 Å². The summed E-state index contributed by atoms with van der Waals surface area (Å²) in [5.74, 6) is 0. The van der Waals surface area contributed by atoms with Gasteiger partial charge in [-0.05, 0) is 74.4 Å². The van der Waals surface area contributed by atoms with Gasteiger partial charge in [-0.3, -0.25) is 9.40 Å². The van der Waals surface area contributed by atoms with E-state index < -0.39 is 0 Å². The molecule has 2 heterocycles. The minimum atomic E-state index is 0.230. The lowest BCUT2D eigenvalue weighted by Gasteiger charge is -2.14. The van der Waals surface area contributed by atoms with Crippen LogP contribution in [0.1, 0.15) is 49.7 Å². The molecule has 1 unspecified atom stereocenters. The lowest BCUT2D eigenvalue weighted by Crippen LogP contribution is -2.13. The van der Waals surface area contributed by atoms with Crippen LogP contribution in [0.4, 0.5) is 0 Å². The second-order valence-electron chi connectivity index (χ2n) is 5.74. The Hall–Kier alpha value is -0.970. The molecule has 1 aromatic carbocycles. The molecule has 0 spiro atoms. The number of aromatic nitrogens is 2. The molecule has 0 radical (unpaired) electrons. The summed E-state index contributed by atoms with van der Waals surface area (Å²) in [6, 6.07) is 8.14. The van der Waals surface area contributed by atoms with Crippen LogP contribution in [0.15, 0.2) is 29.2 Å². The number of rotatable bonds is 5. The Morgan fingerprint density at radius 3 is 2.82 bits per heavy atom. The van der Waals surface area contributed by atoms with Gasteiger partial charge < -0.3 is 0 Å². The van der Waals surface area contributed by atoms with Crippen LogP contribution in [0, 0.1) is 0 Å². The number of aryl methyl sites for hydroxylation is 1. The number of hydrogen-bond acceptors (Lipinski definition) is 3. The third kappa shape index (κ3) is 3.34. The molecular weight excluding hydrogens is 314 g/mol. The second kappa shape index (κ2) is 7.07. The average molecular weight is 336 g/mol. The van der Waals surface area contributed by atoms with Gasteiger partial charge >= 0.3 is 0 Å². The van der Waals surface area contributed by atoms with Gasteiger partial charge in [0, 0.05) is 22.2 Å². The number of benzene rings is 1. The van der Waals surface area contributed by atoms with Gasteiger partial charge in [0.05, 0.1) is 11.7 Å². The van der Waals surface area contributed by atoms with Crippen molar-refractivity contribution < 1.29 is 0 Å². The summed E-state index contributed by atoms with van der Waals surface area (Å²) in [6.45, 7) is 5.49. The van der Waals surface area contributed by atoms with Crippen molar-refractivity contribution >= 4 is 23.5 Å². The van der Waals surface area contributed by atoms with E-state index in [1.165, 1.54) is 41.1 Å². The van der Waals surface area contributed by atoms with Gasteiger partial charge in [0.25, 0.3) is 0 Å². The third-order valence-corrected chi connectivity index (χ3v) is 5.39. The number of halogens is 1. The first-order valence-corrected chi connectivity index (χ1v) is 9.15. The predicted molar refractivity (Wildman–Crippen MR) is 93.4 cm³/mol. The zero-order valence-electron chi connectivity index (χ0n) is 13.1. The minimum absolute atomic E-state index is 0.230. The van der Waals surface area contributed by atoms with Crippen molar-refractivity contribution in [3.63, 3.8) is 0 Å². The quantitative estimate of drug-likeness (QED) is 0.796. The molecular formula is C17H22ClN3S. The van der Waals surface area contributed by atoms with E-state index in [1.807, 2.05) is 24.3 Å². The van der Waals surface area contributed by atoms with Crippen molar-refractivity contribution in [1.29, 1.82) is 0 Å². The highest BCUT2D eigenvalue weighted by Gasteiger charge is 2.22. The van der Waals surface area contributed by atoms with Crippen LogP contribution in [0.3, 0.4) is 0 Å². The number of fused-ring (bicyclic) bond motifs is 1. The highest BCUT2D eigenvalue weighted by Crippen LogP contribution is 2.28. The average Bonchev–Trinajstić information content (AvgIpc) is 2.92. The first kappa shape index (κ1) is 15.9. The van der Waals surface area contributed by atoms with Gasteiger partial charge in [-0.15, -0.1) is 0 Å².